The molecule has 0 unspecified atom stereocenters. The monoisotopic (exact) mass is 345 g/mol. The molecule has 3 aliphatic rings. The fourth-order valence-electron chi connectivity index (χ4n) is 3.64. The molecule has 0 radical (unpaired) electrons. The molecule has 1 aliphatic heterocycles. The van der Waals surface area contributed by atoms with Crippen LogP contribution in [0.2, 0.25) is 0 Å². The number of nitrogens with zero attached hydrogens (tertiary/aromatic N) is 1. The van der Waals surface area contributed by atoms with Crippen molar-refractivity contribution in [3.63, 3.8) is 0 Å². The minimum atomic E-state index is -0.607. The third kappa shape index (κ3) is 2.73. The first-order chi connectivity index (χ1) is 12.7. The van der Waals surface area contributed by atoms with Crippen LogP contribution in [0.5, 0.6) is 0 Å². The normalized spacial score (nSPS) is 16.2. The van der Waals surface area contributed by atoms with Crippen LogP contribution < -0.4 is 0 Å². The quantitative estimate of drug-likeness (QED) is 0.668. The number of carbonyl (C=O) groups is 2. The fourth-order valence-corrected chi connectivity index (χ4v) is 3.64. The number of benzene rings is 1. The molecule has 0 saturated heterocycles. The van der Waals surface area contributed by atoms with Crippen LogP contribution in [0.4, 0.5) is 0 Å². The van der Waals surface area contributed by atoms with Gasteiger partial charge in [0, 0.05) is 18.5 Å². The van der Waals surface area contributed by atoms with Gasteiger partial charge in [-0.05, 0) is 28.3 Å². The van der Waals surface area contributed by atoms with E-state index in [0.29, 0.717) is 18.5 Å². The van der Waals surface area contributed by atoms with Gasteiger partial charge in [0.25, 0.3) is 5.91 Å². The minimum absolute atomic E-state index is 0.142. The zero-order valence-corrected chi connectivity index (χ0v) is 14.5. The molecule has 130 valence electrons. The largest absolute Gasteiger partial charge is 0.467 e. The molecule has 4 nitrogen and oxygen atoms in total. The predicted molar refractivity (Wildman–Crippen MR) is 98.9 cm³/mol. The van der Waals surface area contributed by atoms with Crippen molar-refractivity contribution in [2.75, 3.05) is 7.11 Å². The molecule has 1 aromatic carbocycles. The highest BCUT2D eigenvalue weighted by Crippen LogP contribution is 2.31. The van der Waals surface area contributed by atoms with Crippen LogP contribution >= 0.6 is 0 Å². The van der Waals surface area contributed by atoms with Crippen molar-refractivity contribution in [1.29, 1.82) is 0 Å². The predicted octanol–water partition coefficient (Wildman–Crippen LogP) is 3.53. The van der Waals surface area contributed by atoms with Gasteiger partial charge in [0.15, 0.2) is 0 Å². The lowest BCUT2D eigenvalue weighted by molar-refractivity contribution is -0.146. The zero-order valence-electron chi connectivity index (χ0n) is 14.5. The third-order valence-corrected chi connectivity index (χ3v) is 5.00. The Morgan fingerprint density at radius 2 is 1.65 bits per heavy atom. The molecule has 26 heavy (non-hydrogen) atoms. The minimum Gasteiger partial charge on any atom is -0.467 e. The molecular weight excluding hydrogens is 326 g/mol. The summed E-state index contributed by atoms with van der Waals surface area (Å²) < 4.78 is 4.97. The van der Waals surface area contributed by atoms with Gasteiger partial charge in [0.05, 0.1) is 7.11 Å². The Morgan fingerprint density at radius 3 is 2.46 bits per heavy atom. The van der Waals surface area contributed by atoms with Crippen LogP contribution in [0.25, 0.3) is 11.1 Å². The molecule has 0 fully saturated rings. The first-order valence-electron chi connectivity index (χ1n) is 8.62. The van der Waals surface area contributed by atoms with Crippen molar-refractivity contribution in [3.05, 3.63) is 83.4 Å². The van der Waals surface area contributed by atoms with Crippen molar-refractivity contribution in [1.82, 2.24) is 4.90 Å². The van der Waals surface area contributed by atoms with Crippen molar-refractivity contribution in [2.45, 2.75) is 19.0 Å². The summed E-state index contributed by atoms with van der Waals surface area (Å²) in [7, 11) is 1.36. The van der Waals surface area contributed by atoms with E-state index in [1.807, 2.05) is 66.7 Å². The van der Waals surface area contributed by atoms with E-state index in [0.717, 1.165) is 22.3 Å². The summed E-state index contributed by atoms with van der Waals surface area (Å²) in [6, 6.07) is 20.8. The average Bonchev–Trinajstić information content (AvgIpc) is 2.93. The van der Waals surface area contributed by atoms with E-state index in [-0.39, 0.29) is 11.9 Å². The van der Waals surface area contributed by atoms with Crippen molar-refractivity contribution in [3.8, 4) is 11.1 Å². The molecular formula is C22H19NO3. The Bertz CT molecular complexity index is 949. The van der Waals surface area contributed by atoms with Crippen LogP contribution in [-0.2, 0) is 22.5 Å². The standard InChI is InChI=1S/C22H19NO3/c1-26-22(25)20-13-16-8-5-6-9-17(16)14-23(20)21(24)19-12-11-15-7-3-2-4-10-18(15)19/h2-12,20H,13-14H2,1H3/t20-/m0/s1. The van der Waals surface area contributed by atoms with Gasteiger partial charge in [0.2, 0.25) is 0 Å². The molecule has 4 heteroatoms. The van der Waals surface area contributed by atoms with Crippen LogP contribution in [0, 0.1) is 0 Å². The first-order valence-corrected chi connectivity index (χ1v) is 8.62. The molecule has 2 aliphatic carbocycles. The molecule has 0 aromatic heterocycles. The molecule has 1 aromatic rings. The molecule has 0 saturated carbocycles. The lowest BCUT2D eigenvalue weighted by atomic mass is 9.93. The molecule has 1 atom stereocenters. The Labute approximate surface area is 152 Å². The lowest BCUT2D eigenvalue weighted by Gasteiger charge is -2.35. The number of fused-ring (bicyclic) bond motifs is 2. The van der Waals surface area contributed by atoms with Crippen LogP contribution in [0.3, 0.4) is 0 Å². The summed E-state index contributed by atoms with van der Waals surface area (Å²) in [5, 5.41) is 0. The van der Waals surface area contributed by atoms with E-state index in [1.165, 1.54) is 7.11 Å². The van der Waals surface area contributed by atoms with Crippen LogP contribution in [-0.4, -0.2) is 29.9 Å². The van der Waals surface area contributed by atoms with Crippen molar-refractivity contribution >= 4 is 11.9 Å². The summed E-state index contributed by atoms with van der Waals surface area (Å²) in [5.74, 6) is -0.523. The third-order valence-electron chi connectivity index (χ3n) is 5.00. The van der Waals surface area contributed by atoms with Crippen molar-refractivity contribution in [2.24, 2.45) is 0 Å². The summed E-state index contributed by atoms with van der Waals surface area (Å²) in [6.07, 6.45) is 0.473. The maximum absolute atomic E-state index is 13.3. The van der Waals surface area contributed by atoms with Crippen LogP contribution in [0.15, 0.2) is 66.7 Å². The first kappa shape index (κ1) is 16.3. The number of hydrogen-bond acceptors (Lipinski definition) is 3. The number of ether oxygens (including phenoxy) is 1. The maximum Gasteiger partial charge on any atom is 0.328 e. The number of amides is 1. The molecule has 1 amide bonds. The number of carbonyl (C=O) groups excluding carboxylic acids is 2. The van der Waals surface area contributed by atoms with Gasteiger partial charge in [-0.2, -0.15) is 0 Å². The van der Waals surface area contributed by atoms with E-state index in [9.17, 15) is 9.59 Å². The molecule has 0 bridgehead atoms. The van der Waals surface area contributed by atoms with Gasteiger partial charge >= 0.3 is 5.97 Å². The van der Waals surface area contributed by atoms with E-state index in [1.54, 1.807) is 4.90 Å². The highest BCUT2D eigenvalue weighted by Gasteiger charge is 2.36. The Hall–Kier alpha value is -3.14. The second-order valence-corrected chi connectivity index (χ2v) is 6.47. The number of hydrogen-bond donors (Lipinski definition) is 0. The smallest absolute Gasteiger partial charge is 0.328 e. The summed E-state index contributed by atoms with van der Waals surface area (Å²) >= 11 is 0. The summed E-state index contributed by atoms with van der Waals surface area (Å²) in [4.78, 5) is 27.3. The summed E-state index contributed by atoms with van der Waals surface area (Å²) in [6.45, 7) is 0.403. The number of rotatable bonds is 2. The number of esters is 1. The number of methoxy groups -OCH3 is 1. The van der Waals surface area contributed by atoms with Gasteiger partial charge in [-0.15, -0.1) is 0 Å². The van der Waals surface area contributed by atoms with Gasteiger partial charge in [0.1, 0.15) is 6.04 Å². The molecule has 1 heterocycles. The Kier molecular flexibility index (Phi) is 4.17. The second-order valence-electron chi connectivity index (χ2n) is 6.47. The maximum atomic E-state index is 13.3. The summed E-state index contributed by atoms with van der Waals surface area (Å²) in [5.41, 5.74) is 4.67. The van der Waals surface area contributed by atoms with Crippen LogP contribution in [0.1, 0.15) is 21.5 Å². The zero-order chi connectivity index (χ0) is 18.1. The SMILES string of the molecule is COC(=O)[C@@H]1Cc2ccccc2CN1C(=O)c1ccc2cccccc1-2. The highest BCUT2D eigenvalue weighted by molar-refractivity contribution is 6.03. The molecule has 0 N–H and O–H groups in total. The van der Waals surface area contributed by atoms with E-state index >= 15 is 0 Å². The second kappa shape index (κ2) is 6.64. The van der Waals surface area contributed by atoms with E-state index < -0.39 is 6.04 Å². The highest BCUT2D eigenvalue weighted by atomic mass is 16.5. The lowest BCUT2D eigenvalue weighted by Crippen LogP contribution is -2.49. The van der Waals surface area contributed by atoms with Gasteiger partial charge in [-0.1, -0.05) is 60.7 Å². The van der Waals surface area contributed by atoms with E-state index in [2.05, 4.69) is 0 Å². The average molecular weight is 345 g/mol. The van der Waals surface area contributed by atoms with E-state index in [4.69, 9.17) is 4.74 Å². The van der Waals surface area contributed by atoms with Gasteiger partial charge in [-0.25, -0.2) is 4.79 Å². The molecule has 0 spiro atoms. The topological polar surface area (TPSA) is 46.6 Å². The van der Waals surface area contributed by atoms with Gasteiger partial charge in [-0.3, -0.25) is 4.79 Å². The molecule has 4 rings (SSSR count). The van der Waals surface area contributed by atoms with Crippen molar-refractivity contribution < 1.29 is 14.3 Å². The fraction of sp³-hybridized carbons (Fsp3) is 0.182. The van der Waals surface area contributed by atoms with Gasteiger partial charge < -0.3 is 9.64 Å². The Morgan fingerprint density at radius 1 is 0.923 bits per heavy atom. The Balaban J connectivity index is 1.74.